The summed E-state index contributed by atoms with van der Waals surface area (Å²) in [5.41, 5.74) is 0.582. The van der Waals surface area contributed by atoms with Gasteiger partial charge in [0.25, 0.3) is 5.91 Å². The average Bonchev–Trinajstić information content (AvgIpc) is 2.47. The number of halogens is 2. The van der Waals surface area contributed by atoms with E-state index in [0.29, 0.717) is 5.69 Å². The van der Waals surface area contributed by atoms with Crippen LogP contribution in [-0.4, -0.2) is 28.5 Å². The Morgan fingerprint density at radius 1 is 1.13 bits per heavy atom. The van der Waals surface area contributed by atoms with Crippen LogP contribution in [0.4, 0.5) is 11.5 Å². The van der Waals surface area contributed by atoms with E-state index < -0.39 is 5.91 Å². The Hall–Kier alpha value is -2.15. The lowest BCUT2D eigenvalue weighted by molar-refractivity contribution is -0.116. The molecule has 0 spiro atoms. The normalized spacial score (nSPS) is 10.2. The molecule has 0 radical (unpaired) electrons. The molecule has 1 aromatic heterocycles. The van der Waals surface area contributed by atoms with E-state index in [9.17, 15) is 9.59 Å². The Balaban J connectivity index is 2.14. The first-order valence-corrected chi connectivity index (χ1v) is 7.39. The van der Waals surface area contributed by atoms with E-state index in [1.807, 2.05) is 0 Å². The summed E-state index contributed by atoms with van der Waals surface area (Å²) in [5.74, 6) is -0.594. The van der Waals surface area contributed by atoms with E-state index in [1.54, 1.807) is 24.3 Å². The van der Waals surface area contributed by atoms with Gasteiger partial charge < -0.3 is 15.7 Å². The van der Waals surface area contributed by atoms with Crippen LogP contribution >= 0.6 is 23.2 Å². The number of rotatable bonds is 5. The highest BCUT2D eigenvalue weighted by atomic mass is 35.5. The summed E-state index contributed by atoms with van der Waals surface area (Å²) >= 11 is 12.0. The topological polar surface area (TPSA) is 91.3 Å². The standard InChI is InChI=1S/C15H13Cl2N3O3/c16-10-2-1-3-11(17)14(10)15(23)19-9-4-6-18-12(8-9)20-13(22)5-7-21/h1-4,6,8,21H,5,7H2,(H2,18,19,20,22,23). The fourth-order valence-corrected chi connectivity index (χ4v) is 2.36. The zero-order chi connectivity index (χ0) is 16.8. The first kappa shape index (κ1) is 17.2. The summed E-state index contributed by atoms with van der Waals surface area (Å²) < 4.78 is 0. The van der Waals surface area contributed by atoms with Gasteiger partial charge in [-0.1, -0.05) is 29.3 Å². The highest BCUT2D eigenvalue weighted by Crippen LogP contribution is 2.25. The van der Waals surface area contributed by atoms with Crippen LogP contribution in [0, 0.1) is 0 Å². The van der Waals surface area contributed by atoms with Crippen LogP contribution < -0.4 is 10.6 Å². The predicted octanol–water partition coefficient (Wildman–Crippen LogP) is 2.96. The molecule has 2 rings (SSSR count). The number of hydrogen-bond donors (Lipinski definition) is 3. The molecule has 1 aromatic carbocycles. The zero-order valence-electron chi connectivity index (χ0n) is 11.8. The van der Waals surface area contributed by atoms with Crippen molar-refractivity contribution in [3.63, 3.8) is 0 Å². The quantitative estimate of drug-likeness (QED) is 0.770. The van der Waals surface area contributed by atoms with Crippen molar-refractivity contribution in [2.24, 2.45) is 0 Å². The number of carbonyl (C=O) groups excluding carboxylic acids is 2. The second-order valence-electron chi connectivity index (χ2n) is 4.50. The molecule has 0 aliphatic heterocycles. The Morgan fingerprint density at radius 2 is 1.83 bits per heavy atom. The zero-order valence-corrected chi connectivity index (χ0v) is 13.4. The Kier molecular flexibility index (Phi) is 5.92. The van der Waals surface area contributed by atoms with Gasteiger partial charge in [-0.2, -0.15) is 0 Å². The first-order valence-electron chi connectivity index (χ1n) is 6.63. The van der Waals surface area contributed by atoms with E-state index in [0.717, 1.165) is 0 Å². The predicted molar refractivity (Wildman–Crippen MR) is 89.0 cm³/mol. The maximum Gasteiger partial charge on any atom is 0.258 e. The molecule has 0 unspecified atom stereocenters. The monoisotopic (exact) mass is 353 g/mol. The minimum Gasteiger partial charge on any atom is -0.396 e. The molecule has 0 fully saturated rings. The molecule has 0 aliphatic carbocycles. The number of aliphatic hydroxyl groups excluding tert-OH is 1. The summed E-state index contributed by atoms with van der Waals surface area (Å²) in [6, 6.07) is 7.82. The fourth-order valence-electron chi connectivity index (χ4n) is 1.79. The molecule has 2 aromatic rings. The van der Waals surface area contributed by atoms with Crippen molar-refractivity contribution in [2.45, 2.75) is 6.42 Å². The number of nitrogens with zero attached hydrogens (tertiary/aromatic N) is 1. The van der Waals surface area contributed by atoms with Gasteiger partial charge in [0.15, 0.2) is 0 Å². The maximum atomic E-state index is 12.3. The van der Waals surface area contributed by atoms with Crippen LogP contribution in [0.3, 0.4) is 0 Å². The first-order chi connectivity index (χ1) is 11.0. The number of benzene rings is 1. The smallest absolute Gasteiger partial charge is 0.258 e. The molecule has 6 nitrogen and oxygen atoms in total. The van der Waals surface area contributed by atoms with Gasteiger partial charge in [0.05, 0.1) is 28.6 Å². The van der Waals surface area contributed by atoms with Crippen molar-refractivity contribution < 1.29 is 14.7 Å². The third-order valence-electron chi connectivity index (χ3n) is 2.81. The van der Waals surface area contributed by atoms with E-state index in [-0.39, 0.29) is 40.4 Å². The minimum atomic E-state index is -0.473. The summed E-state index contributed by atoms with van der Waals surface area (Å²) in [6.45, 7) is -0.257. The number of pyridine rings is 1. The molecule has 0 saturated heterocycles. The van der Waals surface area contributed by atoms with E-state index in [1.165, 1.54) is 12.3 Å². The van der Waals surface area contributed by atoms with Crippen molar-refractivity contribution in [3.05, 3.63) is 52.1 Å². The number of aromatic nitrogens is 1. The lowest BCUT2D eigenvalue weighted by atomic mass is 10.2. The van der Waals surface area contributed by atoms with Crippen LogP contribution in [-0.2, 0) is 4.79 Å². The number of anilines is 2. The van der Waals surface area contributed by atoms with Crippen molar-refractivity contribution >= 4 is 46.5 Å². The molecule has 0 saturated carbocycles. The second-order valence-corrected chi connectivity index (χ2v) is 5.32. The number of amides is 2. The molecule has 8 heteroatoms. The fraction of sp³-hybridized carbons (Fsp3) is 0.133. The molecule has 23 heavy (non-hydrogen) atoms. The van der Waals surface area contributed by atoms with Crippen LogP contribution in [0.5, 0.6) is 0 Å². The van der Waals surface area contributed by atoms with Crippen LogP contribution in [0.1, 0.15) is 16.8 Å². The minimum absolute atomic E-state index is 0.0342. The second kappa shape index (κ2) is 7.92. The van der Waals surface area contributed by atoms with Crippen molar-refractivity contribution in [2.75, 3.05) is 17.2 Å². The van der Waals surface area contributed by atoms with E-state index in [2.05, 4.69) is 15.6 Å². The number of hydrogen-bond acceptors (Lipinski definition) is 4. The maximum absolute atomic E-state index is 12.3. The lowest BCUT2D eigenvalue weighted by Crippen LogP contribution is -2.15. The molecule has 0 bridgehead atoms. The van der Waals surface area contributed by atoms with Gasteiger partial charge in [-0.15, -0.1) is 0 Å². The lowest BCUT2D eigenvalue weighted by Gasteiger charge is -2.09. The summed E-state index contributed by atoms with van der Waals surface area (Å²) in [4.78, 5) is 27.7. The van der Waals surface area contributed by atoms with Gasteiger partial charge in [0.1, 0.15) is 5.82 Å². The van der Waals surface area contributed by atoms with E-state index in [4.69, 9.17) is 28.3 Å². The summed E-state index contributed by atoms with van der Waals surface area (Å²) in [6.07, 6.45) is 1.39. The van der Waals surface area contributed by atoms with Crippen LogP contribution in [0.2, 0.25) is 10.0 Å². The van der Waals surface area contributed by atoms with E-state index >= 15 is 0 Å². The molecule has 1 heterocycles. The van der Waals surface area contributed by atoms with Crippen LogP contribution in [0.15, 0.2) is 36.5 Å². The summed E-state index contributed by atoms with van der Waals surface area (Å²) in [5, 5.41) is 14.3. The SMILES string of the molecule is O=C(CCO)Nc1cc(NC(=O)c2c(Cl)cccc2Cl)ccn1. The van der Waals surface area contributed by atoms with Crippen molar-refractivity contribution in [1.29, 1.82) is 0 Å². The number of carbonyl (C=O) groups is 2. The molecular weight excluding hydrogens is 341 g/mol. The van der Waals surface area contributed by atoms with Crippen molar-refractivity contribution in [3.8, 4) is 0 Å². The Labute approximate surface area is 142 Å². The average molecular weight is 354 g/mol. The molecule has 0 aliphatic rings. The largest absolute Gasteiger partial charge is 0.396 e. The highest BCUT2D eigenvalue weighted by molar-refractivity contribution is 6.40. The molecule has 3 N–H and O–H groups in total. The Bertz CT molecular complexity index is 717. The highest BCUT2D eigenvalue weighted by Gasteiger charge is 2.15. The van der Waals surface area contributed by atoms with Gasteiger partial charge in [-0.3, -0.25) is 9.59 Å². The summed E-state index contributed by atoms with van der Waals surface area (Å²) in [7, 11) is 0. The Morgan fingerprint density at radius 3 is 2.48 bits per heavy atom. The third kappa shape index (κ3) is 4.66. The van der Waals surface area contributed by atoms with Gasteiger partial charge >= 0.3 is 0 Å². The third-order valence-corrected chi connectivity index (χ3v) is 3.44. The molecule has 120 valence electrons. The van der Waals surface area contributed by atoms with Gasteiger partial charge in [0.2, 0.25) is 5.91 Å². The number of nitrogens with one attached hydrogen (secondary N) is 2. The van der Waals surface area contributed by atoms with Crippen molar-refractivity contribution in [1.82, 2.24) is 4.98 Å². The molecular formula is C15H13Cl2N3O3. The molecule has 0 atom stereocenters. The van der Waals surface area contributed by atoms with Crippen LogP contribution in [0.25, 0.3) is 0 Å². The van der Waals surface area contributed by atoms with Gasteiger partial charge in [0, 0.05) is 18.0 Å². The van der Waals surface area contributed by atoms with Gasteiger partial charge in [-0.05, 0) is 18.2 Å². The number of aliphatic hydroxyl groups is 1. The van der Waals surface area contributed by atoms with Gasteiger partial charge in [-0.25, -0.2) is 4.98 Å². The molecule has 2 amide bonds.